The maximum absolute atomic E-state index is 13.2. The van der Waals surface area contributed by atoms with Gasteiger partial charge in [-0.15, -0.1) is 0 Å². The van der Waals surface area contributed by atoms with Gasteiger partial charge in [-0.05, 0) is 30.5 Å². The molecule has 0 saturated carbocycles. The minimum absolute atomic E-state index is 0.0932. The third kappa shape index (κ3) is 3.49. The zero-order chi connectivity index (χ0) is 18.8. The van der Waals surface area contributed by atoms with Gasteiger partial charge in [0.25, 0.3) is 11.3 Å². The van der Waals surface area contributed by atoms with E-state index in [4.69, 9.17) is 0 Å². The SMILES string of the molecule is Cc1nc2nc[nH]n2c(=O)c1CC(=O)NC(c1ccc(F)cc1)C(C)C. The first-order valence-corrected chi connectivity index (χ1v) is 8.33. The number of aromatic nitrogens is 4. The first-order valence-electron chi connectivity index (χ1n) is 8.33. The van der Waals surface area contributed by atoms with Crippen molar-refractivity contribution >= 4 is 11.7 Å². The molecule has 2 heterocycles. The number of benzene rings is 1. The van der Waals surface area contributed by atoms with Crippen molar-refractivity contribution < 1.29 is 9.18 Å². The zero-order valence-electron chi connectivity index (χ0n) is 14.8. The number of aryl methyl sites for hydroxylation is 1. The van der Waals surface area contributed by atoms with Gasteiger partial charge in [0.1, 0.15) is 12.1 Å². The highest BCUT2D eigenvalue weighted by molar-refractivity contribution is 5.79. The second kappa shape index (κ2) is 7.07. The molecule has 8 heteroatoms. The van der Waals surface area contributed by atoms with Gasteiger partial charge in [-0.3, -0.25) is 14.7 Å². The average molecular weight is 357 g/mol. The van der Waals surface area contributed by atoms with E-state index in [1.807, 2.05) is 13.8 Å². The highest BCUT2D eigenvalue weighted by Gasteiger charge is 2.21. The van der Waals surface area contributed by atoms with Crippen LogP contribution in [0.3, 0.4) is 0 Å². The number of aromatic amines is 1. The molecule has 1 amide bonds. The molecule has 1 atom stereocenters. The van der Waals surface area contributed by atoms with Crippen LogP contribution in [-0.4, -0.2) is 25.5 Å². The topological polar surface area (TPSA) is 92.2 Å². The summed E-state index contributed by atoms with van der Waals surface area (Å²) < 4.78 is 14.4. The fraction of sp³-hybridized carbons (Fsp3) is 0.333. The van der Waals surface area contributed by atoms with Crippen molar-refractivity contribution in [2.24, 2.45) is 5.92 Å². The Balaban J connectivity index is 1.83. The van der Waals surface area contributed by atoms with Crippen molar-refractivity contribution in [2.75, 3.05) is 0 Å². The molecule has 1 aromatic carbocycles. The van der Waals surface area contributed by atoms with E-state index in [1.54, 1.807) is 19.1 Å². The van der Waals surface area contributed by atoms with E-state index in [2.05, 4.69) is 20.4 Å². The van der Waals surface area contributed by atoms with Gasteiger partial charge in [-0.1, -0.05) is 26.0 Å². The number of nitrogens with one attached hydrogen (secondary N) is 2. The van der Waals surface area contributed by atoms with Crippen molar-refractivity contribution in [3.63, 3.8) is 0 Å². The maximum atomic E-state index is 13.2. The molecule has 0 aliphatic carbocycles. The summed E-state index contributed by atoms with van der Waals surface area (Å²) in [5.74, 6) is -0.262. The summed E-state index contributed by atoms with van der Waals surface area (Å²) in [6.45, 7) is 5.61. The minimum Gasteiger partial charge on any atom is -0.349 e. The number of amides is 1. The molecule has 0 radical (unpaired) electrons. The number of carbonyl (C=O) groups excluding carboxylic acids is 1. The molecule has 3 aromatic rings. The molecular weight excluding hydrogens is 337 g/mol. The highest BCUT2D eigenvalue weighted by atomic mass is 19.1. The van der Waals surface area contributed by atoms with E-state index in [-0.39, 0.29) is 41.4 Å². The van der Waals surface area contributed by atoms with Crippen molar-refractivity contribution in [1.29, 1.82) is 0 Å². The molecular formula is C18H20FN5O2. The van der Waals surface area contributed by atoms with Gasteiger partial charge in [0.15, 0.2) is 0 Å². The lowest BCUT2D eigenvalue weighted by Crippen LogP contribution is -2.35. The number of hydrogen-bond acceptors (Lipinski definition) is 4. The zero-order valence-corrected chi connectivity index (χ0v) is 14.8. The van der Waals surface area contributed by atoms with Crippen molar-refractivity contribution in [1.82, 2.24) is 24.9 Å². The molecule has 0 spiro atoms. The standard InChI is InChI=1S/C18H20FN5O2/c1-10(2)16(12-4-6-13(19)7-5-12)23-15(25)8-14-11(3)22-18-20-9-21-24(18)17(14)26/h4-7,9-10,16H,8H2,1-3H3,(H,23,25)(H,20,21,22). The van der Waals surface area contributed by atoms with E-state index in [9.17, 15) is 14.0 Å². The van der Waals surface area contributed by atoms with Crippen LogP contribution < -0.4 is 10.9 Å². The van der Waals surface area contributed by atoms with E-state index in [0.717, 1.165) is 5.56 Å². The Morgan fingerprint density at radius 1 is 1.31 bits per heavy atom. The number of carbonyl (C=O) groups is 1. The lowest BCUT2D eigenvalue weighted by molar-refractivity contribution is -0.121. The van der Waals surface area contributed by atoms with Crippen LogP contribution in [0, 0.1) is 18.7 Å². The van der Waals surface area contributed by atoms with E-state index in [1.165, 1.54) is 23.0 Å². The molecule has 1 unspecified atom stereocenters. The van der Waals surface area contributed by atoms with Crippen LogP contribution in [0.15, 0.2) is 35.4 Å². The van der Waals surface area contributed by atoms with E-state index < -0.39 is 0 Å². The van der Waals surface area contributed by atoms with Crippen LogP contribution in [0.4, 0.5) is 4.39 Å². The monoisotopic (exact) mass is 357 g/mol. The van der Waals surface area contributed by atoms with Gasteiger partial charge in [-0.2, -0.15) is 4.52 Å². The highest BCUT2D eigenvalue weighted by Crippen LogP contribution is 2.22. The van der Waals surface area contributed by atoms with Gasteiger partial charge in [0.05, 0.1) is 18.2 Å². The molecule has 3 rings (SSSR count). The van der Waals surface area contributed by atoms with Gasteiger partial charge in [0.2, 0.25) is 5.91 Å². The predicted octanol–water partition coefficient (Wildman–Crippen LogP) is 1.92. The quantitative estimate of drug-likeness (QED) is 0.730. The number of halogens is 1. The molecule has 0 saturated heterocycles. The summed E-state index contributed by atoms with van der Waals surface area (Å²) in [5, 5.41) is 5.62. The van der Waals surface area contributed by atoms with Crippen LogP contribution in [0.2, 0.25) is 0 Å². The molecule has 136 valence electrons. The second-order valence-corrected chi connectivity index (χ2v) is 6.52. The maximum Gasteiger partial charge on any atom is 0.277 e. The number of nitrogens with zero attached hydrogens (tertiary/aromatic N) is 3. The number of fused-ring (bicyclic) bond motifs is 1. The number of rotatable bonds is 5. The Bertz CT molecular complexity index is 991. The van der Waals surface area contributed by atoms with Crippen LogP contribution in [0.25, 0.3) is 5.78 Å². The first-order chi connectivity index (χ1) is 12.4. The molecule has 26 heavy (non-hydrogen) atoms. The van der Waals surface area contributed by atoms with E-state index in [0.29, 0.717) is 11.3 Å². The Kier molecular flexibility index (Phi) is 4.83. The van der Waals surface area contributed by atoms with Gasteiger partial charge in [-0.25, -0.2) is 14.4 Å². The van der Waals surface area contributed by atoms with Crippen molar-refractivity contribution in [3.8, 4) is 0 Å². The van der Waals surface area contributed by atoms with Gasteiger partial charge in [0, 0.05) is 5.56 Å². The third-order valence-corrected chi connectivity index (χ3v) is 4.28. The smallest absolute Gasteiger partial charge is 0.277 e. The third-order valence-electron chi connectivity index (χ3n) is 4.28. The lowest BCUT2D eigenvalue weighted by atomic mass is 9.95. The molecule has 2 aromatic heterocycles. The Hall–Kier alpha value is -3.03. The van der Waals surface area contributed by atoms with E-state index >= 15 is 0 Å². The van der Waals surface area contributed by atoms with Crippen molar-refractivity contribution in [3.05, 3.63) is 63.6 Å². The summed E-state index contributed by atoms with van der Waals surface area (Å²) in [7, 11) is 0. The predicted molar refractivity (Wildman–Crippen MR) is 94.2 cm³/mol. The van der Waals surface area contributed by atoms with Crippen LogP contribution in [0.5, 0.6) is 0 Å². The number of H-pyrrole nitrogens is 1. The summed E-state index contributed by atoms with van der Waals surface area (Å²) in [6, 6.07) is 5.75. The number of hydrogen-bond donors (Lipinski definition) is 2. The second-order valence-electron chi connectivity index (χ2n) is 6.52. The molecule has 2 N–H and O–H groups in total. The Morgan fingerprint density at radius 2 is 2.00 bits per heavy atom. The molecule has 0 bridgehead atoms. The fourth-order valence-electron chi connectivity index (χ4n) is 2.89. The lowest BCUT2D eigenvalue weighted by Gasteiger charge is -2.23. The summed E-state index contributed by atoms with van der Waals surface area (Å²) >= 11 is 0. The molecule has 0 aliphatic heterocycles. The fourth-order valence-corrected chi connectivity index (χ4v) is 2.89. The summed E-state index contributed by atoms with van der Waals surface area (Å²) in [6.07, 6.45) is 1.28. The summed E-state index contributed by atoms with van der Waals surface area (Å²) in [4.78, 5) is 33.2. The first kappa shape index (κ1) is 17.8. The Morgan fingerprint density at radius 3 is 2.65 bits per heavy atom. The molecule has 0 aliphatic rings. The largest absolute Gasteiger partial charge is 0.349 e. The normalized spacial score (nSPS) is 12.5. The average Bonchev–Trinajstić information content (AvgIpc) is 3.05. The molecule has 0 fully saturated rings. The van der Waals surface area contributed by atoms with Gasteiger partial charge >= 0.3 is 0 Å². The van der Waals surface area contributed by atoms with Crippen LogP contribution >= 0.6 is 0 Å². The van der Waals surface area contributed by atoms with Crippen molar-refractivity contribution in [2.45, 2.75) is 33.2 Å². The Labute approximate surface area is 149 Å². The van der Waals surface area contributed by atoms with Crippen LogP contribution in [0.1, 0.15) is 36.7 Å². The van der Waals surface area contributed by atoms with Gasteiger partial charge < -0.3 is 5.32 Å². The van der Waals surface area contributed by atoms with Crippen LogP contribution in [-0.2, 0) is 11.2 Å². The summed E-state index contributed by atoms with van der Waals surface area (Å²) in [5.41, 5.74) is 1.25. The molecule has 7 nitrogen and oxygen atoms in total. The minimum atomic E-state index is -0.344.